The Morgan fingerprint density at radius 2 is 1.93 bits per heavy atom. The van der Waals surface area contributed by atoms with Crippen LogP contribution in [0.2, 0.25) is 0 Å². The summed E-state index contributed by atoms with van der Waals surface area (Å²) in [6.45, 7) is 9.90. The highest BCUT2D eigenvalue weighted by Gasteiger charge is 2.31. The molecule has 4 aromatic rings. The molecule has 0 saturated heterocycles. The number of carbonyl (C=O) groups excluding carboxylic acids is 1. The molecular weight excluding hydrogens is 561 g/mol. The lowest BCUT2D eigenvalue weighted by atomic mass is 10.0. The molecule has 0 bridgehead atoms. The Morgan fingerprint density at radius 1 is 1.12 bits per heavy atom. The third-order valence-electron chi connectivity index (χ3n) is 6.78. The highest BCUT2D eigenvalue weighted by molar-refractivity contribution is 5.84. The zero-order chi connectivity index (χ0) is 31.0. The number of nitrogens with one attached hydrogen (secondary N) is 2. The molecule has 12 heteroatoms. The average Bonchev–Trinajstić information content (AvgIpc) is 3.62. The van der Waals surface area contributed by atoms with E-state index in [-0.39, 0.29) is 11.8 Å². The number of unbranched alkanes of at least 4 members (excludes halogenated alkanes) is 1. The van der Waals surface area contributed by atoms with Crippen molar-refractivity contribution in [2.24, 2.45) is 5.92 Å². The molecule has 1 amide bonds. The molecule has 4 rings (SSSR count). The predicted molar refractivity (Wildman–Crippen MR) is 159 cm³/mol. The molecule has 3 aromatic heterocycles. The highest BCUT2D eigenvalue weighted by Crippen LogP contribution is 2.34. The maximum atomic E-state index is 13.2. The third kappa shape index (κ3) is 8.79. The average molecular weight is 601 g/mol. The Morgan fingerprint density at radius 3 is 2.65 bits per heavy atom. The first-order valence-corrected chi connectivity index (χ1v) is 14.7. The predicted octanol–water partition coefficient (Wildman–Crippen LogP) is 6.81. The van der Waals surface area contributed by atoms with E-state index in [2.05, 4.69) is 36.4 Å². The normalized spacial score (nSPS) is 12.7. The van der Waals surface area contributed by atoms with Gasteiger partial charge in [-0.2, -0.15) is 18.2 Å². The van der Waals surface area contributed by atoms with Crippen LogP contribution in [0.1, 0.15) is 64.6 Å². The van der Waals surface area contributed by atoms with E-state index in [0.717, 1.165) is 43.5 Å². The molecule has 0 aliphatic heterocycles. The number of hydrogen-bond donors (Lipinski definition) is 2. The second-order valence-corrected chi connectivity index (χ2v) is 10.8. The van der Waals surface area contributed by atoms with Gasteiger partial charge in [-0.05, 0) is 62.8 Å². The number of imidazole rings is 1. The van der Waals surface area contributed by atoms with E-state index < -0.39 is 17.8 Å². The Kier molecular flexibility index (Phi) is 10.8. The lowest BCUT2D eigenvalue weighted by molar-refractivity contribution is -0.137. The van der Waals surface area contributed by atoms with Crippen LogP contribution in [0, 0.1) is 5.92 Å². The first-order valence-electron chi connectivity index (χ1n) is 14.7. The van der Waals surface area contributed by atoms with Crippen LogP contribution in [-0.2, 0) is 22.1 Å². The number of carbonyl (C=O) groups is 1. The highest BCUT2D eigenvalue weighted by atomic mass is 19.4. The number of nitrogens with zero attached hydrogens (tertiary/aromatic N) is 4. The number of hydrogen-bond acceptors (Lipinski definition) is 7. The summed E-state index contributed by atoms with van der Waals surface area (Å²) in [5, 5.41) is 6.65. The molecule has 0 radical (unpaired) electrons. The number of anilines is 1. The second kappa shape index (κ2) is 14.5. The summed E-state index contributed by atoms with van der Waals surface area (Å²) in [6, 6.07) is 6.26. The SMILES string of the molecule is CCCCc1cc(N[C@@H](CC(C)C)C(=O)NCCCOCC)nc(-n2cnc(-c3cc4cc(C(F)(F)F)ccc4o3)c2)n1. The van der Waals surface area contributed by atoms with Crippen molar-refractivity contribution in [3.05, 3.63) is 54.1 Å². The fourth-order valence-electron chi connectivity index (χ4n) is 4.60. The number of benzene rings is 1. The Labute approximate surface area is 249 Å². The van der Waals surface area contributed by atoms with Crippen molar-refractivity contribution in [2.45, 2.75) is 72.0 Å². The lowest BCUT2D eigenvalue weighted by Crippen LogP contribution is -2.41. The van der Waals surface area contributed by atoms with E-state index in [1.54, 1.807) is 10.8 Å². The summed E-state index contributed by atoms with van der Waals surface area (Å²) in [5.41, 5.74) is 0.818. The van der Waals surface area contributed by atoms with Crippen LogP contribution < -0.4 is 10.6 Å². The summed E-state index contributed by atoms with van der Waals surface area (Å²) < 4.78 is 52.3. The van der Waals surface area contributed by atoms with Gasteiger partial charge < -0.3 is 19.8 Å². The van der Waals surface area contributed by atoms with Gasteiger partial charge in [0.1, 0.15) is 29.5 Å². The summed E-state index contributed by atoms with van der Waals surface area (Å²) in [7, 11) is 0. The summed E-state index contributed by atoms with van der Waals surface area (Å²) >= 11 is 0. The number of alkyl halides is 3. The summed E-state index contributed by atoms with van der Waals surface area (Å²) in [5.74, 6) is 1.35. The molecule has 0 unspecified atom stereocenters. The molecule has 1 atom stereocenters. The van der Waals surface area contributed by atoms with Crippen molar-refractivity contribution in [3.8, 4) is 17.4 Å². The van der Waals surface area contributed by atoms with Crippen molar-refractivity contribution in [1.82, 2.24) is 24.8 Å². The number of aromatic nitrogens is 4. The van der Waals surface area contributed by atoms with Crippen molar-refractivity contribution in [3.63, 3.8) is 0 Å². The van der Waals surface area contributed by atoms with Gasteiger partial charge >= 0.3 is 6.18 Å². The van der Waals surface area contributed by atoms with Gasteiger partial charge in [-0.1, -0.05) is 27.2 Å². The minimum atomic E-state index is -4.45. The van der Waals surface area contributed by atoms with E-state index >= 15 is 0 Å². The Bertz CT molecular complexity index is 1500. The molecule has 0 aliphatic carbocycles. The van der Waals surface area contributed by atoms with Gasteiger partial charge in [0.15, 0.2) is 5.76 Å². The zero-order valence-electron chi connectivity index (χ0n) is 25.0. The molecule has 0 saturated carbocycles. The largest absolute Gasteiger partial charge is 0.454 e. The smallest absolute Gasteiger partial charge is 0.416 e. The van der Waals surface area contributed by atoms with Crippen LogP contribution in [-0.4, -0.2) is 51.2 Å². The van der Waals surface area contributed by atoms with E-state index in [4.69, 9.17) is 19.1 Å². The van der Waals surface area contributed by atoms with Gasteiger partial charge in [-0.3, -0.25) is 9.36 Å². The Hall–Kier alpha value is -3.93. The minimum absolute atomic E-state index is 0.107. The van der Waals surface area contributed by atoms with Crippen LogP contribution in [0.3, 0.4) is 0 Å². The van der Waals surface area contributed by atoms with Crippen LogP contribution in [0.25, 0.3) is 28.4 Å². The number of furan rings is 1. The van der Waals surface area contributed by atoms with Gasteiger partial charge in [-0.15, -0.1) is 0 Å². The number of halogens is 3. The van der Waals surface area contributed by atoms with Crippen molar-refractivity contribution >= 4 is 22.7 Å². The Balaban J connectivity index is 1.58. The minimum Gasteiger partial charge on any atom is -0.454 e. The number of rotatable bonds is 15. The monoisotopic (exact) mass is 600 g/mol. The molecule has 9 nitrogen and oxygen atoms in total. The molecule has 2 N–H and O–H groups in total. The molecule has 0 spiro atoms. The fourth-order valence-corrected chi connectivity index (χ4v) is 4.60. The third-order valence-corrected chi connectivity index (χ3v) is 6.78. The van der Waals surface area contributed by atoms with Crippen LogP contribution >= 0.6 is 0 Å². The number of amides is 1. The van der Waals surface area contributed by atoms with E-state index in [9.17, 15) is 18.0 Å². The molecule has 0 fully saturated rings. The van der Waals surface area contributed by atoms with Crippen LogP contribution in [0.5, 0.6) is 0 Å². The number of aryl methyl sites for hydroxylation is 1. The lowest BCUT2D eigenvalue weighted by Gasteiger charge is -2.21. The topological polar surface area (TPSA) is 107 Å². The number of ether oxygens (including phenoxy) is 1. The van der Waals surface area contributed by atoms with Gasteiger partial charge in [-0.25, -0.2) is 9.97 Å². The molecule has 43 heavy (non-hydrogen) atoms. The van der Waals surface area contributed by atoms with Crippen molar-refractivity contribution in [1.29, 1.82) is 0 Å². The molecule has 0 aliphatic rings. The zero-order valence-corrected chi connectivity index (χ0v) is 25.0. The first-order chi connectivity index (χ1) is 20.6. The molecule has 3 heterocycles. The van der Waals surface area contributed by atoms with E-state index in [1.807, 2.05) is 13.0 Å². The van der Waals surface area contributed by atoms with Gasteiger partial charge in [0.05, 0.1) is 5.56 Å². The second-order valence-electron chi connectivity index (χ2n) is 10.8. The van der Waals surface area contributed by atoms with Crippen molar-refractivity contribution in [2.75, 3.05) is 25.1 Å². The van der Waals surface area contributed by atoms with Gasteiger partial charge in [0.25, 0.3) is 0 Å². The fraction of sp³-hybridized carbons (Fsp3) is 0.484. The van der Waals surface area contributed by atoms with Crippen LogP contribution in [0.15, 0.2) is 47.3 Å². The van der Waals surface area contributed by atoms with Crippen molar-refractivity contribution < 1.29 is 27.1 Å². The van der Waals surface area contributed by atoms with Crippen LogP contribution in [0.4, 0.5) is 19.0 Å². The molecule has 232 valence electrons. The molecule has 1 aromatic carbocycles. The maximum absolute atomic E-state index is 13.2. The quantitative estimate of drug-likeness (QED) is 0.144. The van der Waals surface area contributed by atoms with E-state index in [0.29, 0.717) is 60.4 Å². The van der Waals surface area contributed by atoms with E-state index in [1.165, 1.54) is 18.5 Å². The van der Waals surface area contributed by atoms with Gasteiger partial charge in [0, 0.05) is 43.1 Å². The molecular formula is C31H39F3N6O3. The first kappa shape index (κ1) is 32.0. The van der Waals surface area contributed by atoms with Gasteiger partial charge in [0.2, 0.25) is 11.9 Å². The standard InChI is InChI=1S/C31H39F3N6O3/c1-5-7-9-23-17-28(38-24(14-20(3)4)29(41)35-12-8-13-42-6-2)39-30(37-23)40-18-25(36-19-40)27-16-21-15-22(31(32,33)34)10-11-26(21)43-27/h10-11,15-20,24H,5-9,12-14H2,1-4H3,(H,35,41)(H,37,38,39)/t24-/m0/s1. The maximum Gasteiger partial charge on any atom is 0.416 e. The summed E-state index contributed by atoms with van der Waals surface area (Å²) in [6.07, 6.45) is 2.73. The summed E-state index contributed by atoms with van der Waals surface area (Å²) in [4.78, 5) is 26.9. The number of fused-ring (bicyclic) bond motifs is 1.